The minimum Gasteiger partial charge on any atom is -0.465 e. The summed E-state index contributed by atoms with van der Waals surface area (Å²) in [6.07, 6.45) is 3.39. The molecule has 24 heavy (non-hydrogen) atoms. The number of carboxylic acid groups (broad SMARTS) is 1. The van der Waals surface area contributed by atoms with Crippen LogP contribution in [-0.2, 0) is 17.7 Å². The first-order valence-electron chi connectivity index (χ1n) is 8.60. The predicted octanol–water partition coefficient (Wildman–Crippen LogP) is 2.19. The van der Waals surface area contributed by atoms with Crippen molar-refractivity contribution in [1.82, 2.24) is 9.80 Å². The summed E-state index contributed by atoms with van der Waals surface area (Å²) in [5.41, 5.74) is 2.72. The van der Waals surface area contributed by atoms with Crippen LogP contribution < -0.4 is 0 Å². The van der Waals surface area contributed by atoms with Crippen molar-refractivity contribution < 1.29 is 14.6 Å². The summed E-state index contributed by atoms with van der Waals surface area (Å²) in [6.45, 7) is 3.71. The Morgan fingerprint density at radius 3 is 2.71 bits per heavy atom. The number of fused-ring (bicyclic) bond motifs is 1. The minimum atomic E-state index is -0.825. The van der Waals surface area contributed by atoms with Gasteiger partial charge in [-0.25, -0.2) is 4.79 Å². The quantitative estimate of drug-likeness (QED) is 0.858. The van der Waals surface area contributed by atoms with Gasteiger partial charge in [0.05, 0.1) is 6.54 Å². The van der Waals surface area contributed by atoms with Crippen molar-refractivity contribution >= 4 is 12.5 Å². The van der Waals surface area contributed by atoms with Crippen LogP contribution in [-0.4, -0.2) is 59.8 Å². The Labute approximate surface area is 141 Å². The molecule has 3 aliphatic rings. The topological polar surface area (TPSA) is 65.4 Å². The molecule has 3 heterocycles. The monoisotopic (exact) mass is 329 g/mol. The number of amides is 1. The molecule has 1 fully saturated rings. The summed E-state index contributed by atoms with van der Waals surface area (Å²) in [5.74, 6) is 0. The molecule has 0 aromatic heterocycles. The summed E-state index contributed by atoms with van der Waals surface area (Å²) in [4.78, 5) is 19.5. The molecule has 6 nitrogen and oxygen atoms in total. The molecule has 0 saturated carbocycles. The Kier molecular flexibility index (Phi) is 3.92. The second kappa shape index (κ2) is 6.09. The summed E-state index contributed by atoms with van der Waals surface area (Å²) in [7, 11) is 0. The molecule has 1 aromatic rings. The van der Waals surface area contributed by atoms with Gasteiger partial charge >= 0.3 is 6.09 Å². The molecule has 0 aliphatic carbocycles. The number of ether oxygens (including phenoxy) is 1. The molecule has 1 spiro atoms. The fourth-order valence-electron chi connectivity index (χ4n) is 4.28. The average Bonchev–Trinajstić information content (AvgIpc) is 2.62. The molecule has 0 radical (unpaired) electrons. The first kappa shape index (κ1) is 15.4. The van der Waals surface area contributed by atoms with Crippen LogP contribution in [0.1, 0.15) is 24.0 Å². The maximum Gasteiger partial charge on any atom is 0.407 e. The van der Waals surface area contributed by atoms with Gasteiger partial charge in [0.2, 0.25) is 0 Å². The summed E-state index contributed by atoms with van der Waals surface area (Å²) in [6, 6.07) is 8.59. The fraction of sp³-hybridized carbons (Fsp3) is 0.556. The third-order valence-corrected chi connectivity index (χ3v) is 5.72. The Morgan fingerprint density at radius 2 is 1.96 bits per heavy atom. The van der Waals surface area contributed by atoms with Crippen LogP contribution in [0.2, 0.25) is 0 Å². The number of hydrogen-bond donors (Lipinski definition) is 1. The van der Waals surface area contributed by atoms with Crippen LogP contribution in [0, 0.1) is 5.41 Å². The molecule has 1 aromatic carbocycles. The Bertz CT molecular complexity index is 653. The van der Waals surface area contributed by atoms with E-state index in [0.717, 1.165) is 38.9 Å². The molecule has 1 amide bonds. The minimum absolute atomic E-state index is 0.0145. The zero-order valence-corrected chi connectivity index (χ0v) is 13.7. The highest BCUT2D eigenvalue weighted by Crippen LogP contribution is 2.41. The molecule has 1 N–H and O–H groups in total. The van der Waals surface area contributed by atoms with E-state index in [-0.39, 0.29) is 11.6 Å². The van der Waals surface area contributed by atoms with E-state index in [4.69, 9.17) is 4.74 Å². The summed E-state index contributed by atoms with van der Waals surface area (Å²) >= 11 is 0. The van der Waals surface area contributed by atoms with Crippen molar-refractivity contribution in [1.29, 1.82) is 0 Å². The fourth-order valence-corrected chi connectivity index (χ4v) is 4.28. The van der Waals surface area contributed by atoms with Gasteiger partial charge in [0.25, 0.3) is 0 Å². The first-order valence-corrected chi connectivity index (χ1v) is 8.60. The third-order valence-electron chi connectivity index (χ3n) is 5.72. The second-order valence-corrected chi connectivity index (χ2v) is 7.06. The molecule has 4 rings (SSSR count). The van der Waals surface area contributed by atoms with Gasteiger partial charge in [-0.2, -0.15) is 0 Å². The highest BCUT2D eigenvalue weighted by atomic mass is 16.5. The molecule has 0 bridgehead atoms. The predicted molar refractivity (Wildman–Crippen MR) is 90.1 cm³/mol. The molecule has 6 heteroatoms. The number of carbonyl (C=O) groups is 1. The van der Waals surface area contributed by atoms with E-state index in [1.54, 1.807) is 6.40 Å². The standard InChI is InChI=1S/C18H23N3O3/c22-17(23)20-9-6-18(7-10-20)12-19-13-24-16(18)21-8-5-14-3-1-2-4-15(14)11-21/h1-4,13,16H,5-12H2,(H,22,23). The van der Waals surface area contributed by atoms with Gasteiger partial charge in [-0.3, -0.25) is 9.89 Å². The van der Waals surface area contributed by atoms with Gasteiger partial charge in [0.15, 0.2) is 12.6 Å². The SMILES string of the molecule is O=C(O)N1CCC2(CC1)CN=COC2N1CCc2ccccc2C1. The number of hydrogen-bond acceptors (Lipinski definition) is 4. The normalized spacial score (nSPS) is 26.0. The van der Waals surface area contributed by atoms with Crippen LogP contribution in [0.3, 0.4) is 0 Å². The lowest BCUT2D eigenvalue weighted by Gasteiger charge is -2.50. The molecule has 3 aliphatic heterocycles. The van der Waals surface area contributed by atoms with Gasteiger partial charge in [0, 0.05) is 31.6 Å². The van der Waals surface area contributed by atoms with E-state index in [1.807, 2.05) is 0 Å². The molecule has 1 unspecified atom stereocenters. The molecular formula is C18H23N3O3. The van der Waals surface area contributed by atoms with Gasteiger partial charge in [-0.15, -0.1) is 0 Å². The van der Waals surface area contributed by atoms with Crippen LogP contribution in [0.25, 0.3) is 0 Å². The van der Waals surface area contributed by atoms with Crippen molar-refractivity contribution in [3.8, 4) is 0 Å². The van der Waals surface area contributed by atoms with Gasteiger partial charge in [-0.1, -0.05) is 24.3 Å². The lowest BCUT2D eigenvalue weighted by Crippen LogP contribution is -2.58. The zero-order chi connectivity index (χ0) is 16.6. The molecular weight excluding hydrogens is 306 g/mol. The van der Waals surface area contributed by atoms with E-state index >= 15 is 0 Å². The largest absolute Gasteiger partial charge is 0.465 e. The molecule has 1 saturated heterocycles. The summed E-state index contributed by atoms with van der Waals surface area (Å²) < 4.78 is 5.99. The van der Waals surface area contributed by atoms with Crippen molar-refractivity contribution in [2.75, 3.05) is 26.2 Å². The molecule has 128 valence electrons. The van der Waals surface area contributed by atoms with E-state index in [9.17, 15) is 9.90 Å². The van der Waals surface area contributed by atoms with Crippen molar-refractivity contribution in [2.45, 2.75) is 32.0 Å². The number of likely N-dealkylation sites (tertiary alicyclic amines) is 1. The van der Waals surface area contributed by atoms with Gasteiger partial charge in [-0.05, 0) is 30.4 Å². The number of aliphatic imine (C=N–C) groups is 1. The van der Waals surface area contributed by atoms with Crippen molar-refractivity contribution in [3.63, 3.8) is 0 Å². The lowest BCUT2D eigenvalue weighted by molar-refractivity contribution is -0.111. The van der Waals surface area contributed by atoms with Crippen LogP contribution in [0.4, 0.5) is 4.79 Å². The van der Waals surface area contributed by atoms with Crippen LogP contribution >= 0.6 is 0 Å². The van der Waals surface area contributed by atoms with Crippen LogP contribution in [0.15, 0.2) is 29.3 Å². The van der Waals surface area contributed by atoms with Crippen molar-refractivity contribution in [2.24, 2.45) is 10.4 Å². The second-order valence-electron chi connectivity index (χ2n) is 7.06. The average molecular weight is 329 g/mol. The Hall–Kier alpha value is -2.08. The zero-order valence-electron chi connectivity index (χ0n) is 13.7. The highest BCUT2D eigenvalue weighted by Gasteiger charge is 2.48. The summed E-state index contributed by atoms with van der Waals surface area (Å²) in [5, 5.41) is 9.20. The number of piperidine rings is 1. The van der Waals surface area contributed by atoms with Gasteiger partial charge in [0.1, 0.15) is 0 Å². The number of benzene rings is 1. The molecule has 1 atom stereocenters. The van der Waals surface area contributed by atoms with Crippen LogP contribution in [0.5, 0.6) is 0 Å². The Morgan fingerprint density at radius 1 is 1.21 bits per heavy atom. The highest BCUT2D eigenvalue weighted by molar-refractivity contribution is 5.65. The van der Waals surface area contributed by atoms with E-state index in [0.29, 0.717) is 13.1 Å². The number of rotatable bonds is 1. The van der Waals surface area contributed by atoms with E-state index < -0.39 is 6.09 Å². The maximum atomic E-state index is 11.2. The third kappa shape index (κ3) is 2.65. The van der Waals surface area contributed by atoms with Crippen molar-refractivity contribution in [3.05, 3.63) is 35.4 Å². The smallest absolute Gasteiger partial charge is 0.407 e. The maximum absolute atomic E-state index is 11.2. The van der Waals surface area contributed by atoms with Gasteiger partial charge < -0.3 is 14.7 Å². The number of nitrogens with zero attached hydrogens (tertiary/aromatic N) is 3. The Balaban J connectivity index is 1.54. The van der Waals surface area contributed by atoms with E-state index in [2.05, 4.69) is 34.2 Å². The van der Waals surface area contributed by atoms with E-state index in [1.165, 1.54) is 16.0 Å². The first-order chi connectivity index (χ1) is 11.7. The lowest BCUT2D eigenvalue weighted by atomic mass is 9.75.